The number of hydrogen-bond acceptors (Lipinski definition) is 0. The van der Waals surface area contributed by atoms with Gasteiger partial charge in [-0.15, -0.1) is 0 Å². The molecule has 140 valence electrons. The molecule has 0 saturated heterocycles. The third-order valence-electron chi connectivity index (χ3n) is 5.54. The zero-order valence-electron chi connectivity index (χ0n) is 15.2. The smallest absolute Gasteiger partial charge is 0.167 e. The van der Waals surface area contributed by atoms with E-state index >= 15 is 0 Å². The molecule has 26 heavy (non-hydrogen) atoms. The molecule has 0 bridgehead atoms. The molecule has 0 aliphatic heterocycles. The van der Waals surface area contributed by atoms with Gasteiger partial charge in [-0.2, -0.15) is 0 Å². The highest BCUT2D eigenvalue weighted by molar-refractivity contribution is 5.66. The fourth-order valence-electron chi connectivity index (χ4n) is 3.92. The summed E-state index contributed by atoms with van der Waals surface area (Å²) in [5.74, 6) is -3.52. The van der Waals surface area contributed by atoms with E-state index in [2.05, 4.69) is 6.92 Å². The van der Waals surface area contributed by atoms with E-state index in [9.17, 15) is 17.6 Å². The van der Waals surface area contributed by atoms with Crippen LogP contribution < -0.4 is 0 Å². The summed E-state index contributed by atoms with van der Waals surface area (Å²) in [6, 6.07) is 5.70. The number of rotatable bonds is 4. The van der Waals surface area contributed by atoms with Gasteiger partial charge in [0, 0.05) is 11.1 Å². The van der Waals surface area contributed by atoms with E-state index in [1.807, 2.05) is 6.92 Å². The lowest BCUT2D eigenvalue weighted by atomic mass is 9.79. The van der Waals surface area contributed by atoms with E-state index in [1.165, 1.54) is 24.3 Å². The van der Waals surface area contributed by atoms with Crippen molar-refractivity contribution in [3.8, 4) is 11.1 Å². The Morgan fingerprint density at radius 3 is 1.96 bits per heavy atom. The van der Waals surface area contributed by atoms with Crippen molar-refractivity contribution >= 4 is 0 Å². The zero-order valence-corrected chi connectivity index (χ0v) is 15.2. The van der Waals surface area contributed by atoms with Crippen LogP contribution in [0.25, 0.3) is 11.1 Å². The highest BCUT2D eigenvalue weighted by atomic mass is 19.2. The van der Waals surface area contributed by atoms with Crippen LogP contribution in [0, 0.1) is 29.2 Å². The first kappa shape index (κ1) is 18.9. The van der Waals surface area contributed by atoms with Crippen molar-refractivity contribution in [2.75, 3.05) is 0 Å². The maximum absolute atomic E-state index is 14.7. The third kappa shape index (κ3) is 3.51. The van der Waals surface area contributed by atoms with Gasteiger partial charge in [-0.1, -0.05) is 57.4 Å². The molecule has 1 saturated carbocycles. The molecule has 0 radical (unpaired) electrons. The molecule has 0 amide bonds. The molecular weight excluding hydrogens is 340 g/mol. The minimum absolute atomic E-state index is 0.0109. The molecule has 0 unspecified atom stereocenters. The Hall–Kier alpha value is -1.84. The summed E-state index contributed by atoms with van der Waals surface area (Å²) in [5.41, 5.74) is 0.140. The first-order valence-electron chi connectivity index (χ1n) is 9.39. The number of aryl methyl sites for hydroxylation is 1. The summed E-state index contributed by atoms with van der Waals surface area (Å²) in [4.78, 5) is 0. The molecule has 0 heterocycles. The zero-order chi connectivity index (χ0) is 18.8. The largest absolute Gasteiger partial charge is 0.203 e. The van der Waals surface area contributed by atoms with Gasteiger partial charge in [0.2, 0.25) is 0 Å². The molecule has 1 fully saturated rings. The minimum Gasteiger partial charge on any atom is -0.203 e. The lowest BCUT2D eigenvalue weighted by Gasteiger charge is -2.27. The Balaban J connectivity index is 1.97. The average Bonchev–Trinajstić information content (AvgIpc) is 2.63. The van der Waals surface area contributed by atoms with E-state index in [1.54, 1.807) is 0 Å². The Bertz CT molecular complexity index is 789. The summed E-state index contributed by atoms with van der Waals surface area (Å²) in [6.07, 6.45) is 4.71. The summed E-state index contributed by atoms with van der Waals surface area (Å²) in [7, 11) is 0. The van der Waals surface area contributed by atoms with Crippen molar-refractivity contribution in [2.45, 2.75) is 58.3 Å². The average molecular weight is 364 g/mol. The Morgan fingerprint density at radius 1 is 0.769 bits per heavy atom. The normalized spacial score (nSPS) is 20.4. The Labute approximate surface area is 152 Å². The van der Waals surface area contributed by atoms with Crippen molar-refractivity contribution in [3.05, 3.63) is 58.7 Å². The van der Waals surface area contributed by atoms with Gasteiger partial charge in [-0.25, -0.2) is 17.6 Å². The van der Waals surface area contributed by atoms with Crippen LogP contribution in [0.2, 0.25) is 0 Å². The van der Waals surface area contributed by atoms with Crippen molar-refractivity contribution in [1.82, 2.24) is 0 Å². The second-order valence-corrected chi connectivity index (χ2v) is 7.44. The van der Waals surface area contributed by atoms with Gasteiger partial charge in [-0.3, -0.25) is 0 Å². The topological polar surface area (TPSA) is 0 Å². The van der Waals surface area contributed by atoms with E-state index < -0.39 is 23.3 Å². The van der Waals surface area contributed by atoms with Crippen LogP contribution in [0.15, 0.2) is 24.3 Å². The number of benzene rings is 2. The quantitative estimate of drug-likeness (QED) is 0.505. The van der Waals surface area contributed by atoms with Gasteiger partial charge in [0.25, 0.3) is 0 Å². The molecule has 0 aromatic heterocycles. The molecule has 0 nitrogen and oxygen atoms in total. The second-order valence-electron chi connectivity index (χ2n) is 7.44. The molecule has 0 atom stereocenters. The first-order valence-corrected chi connectivity index (χ1v) is 9.39. The molecule has 4 heteroatoms. The summed E-state index contributed by atoms with van der Waals surface area (Å²) in [5, 5.41) is 0. The first-order chi connectivity index (χ1) is 12.4. The van der Waals surface area contributed by atoms with Crippen molar-refractivity contribution in [1.29, 1.82) is 0 Å². The predicted octanol–water partition coefficient (Wildman–Crippen LogP) is 7.16. The second kappa shape index (κ2) is 7.81. The highest BCUT2D eigenvalue weighted by Crippen LogP contribution is 2.39. The van der Waals surface area contributed by atoms with Gasteiger partial charge >= 0.3 is 0 Å². The highest BCUT2D eigenvalue weighted by Gasteiger charge is 2.26. The van der Waals surface area contributed by atoms with E-state index in [0.717, 1.165) is 25.7 Å². The van der Waals surface area contributed by atoms with Crippen molar-refractivity contribution in [3.63, 3.8) is 0 Å². The van der Waals surface area contributed by atoms with Crippen LogP contribution in [-0.2, 0) is 6.42 Å². The Kier molecular flexibility index (Phi) is 5.69. The molecule has 0 N–H and O–H groups in total. The summed E-state index contributed by atoms with van der Waals surface area (Å²) >= 11 is 0. The van der Waals surface area contributed by atoms with Gasteiger partial charge in [-0.05, 0) is 42.2 Å². The summed E-state index contributed by atoms with van der Waals surface area (Å²) in [6.45, 7) is 4.03. The van der Waals surface area contributed by atoms with Gasteiger partial charge < -0.3 is 0 Å². The van der Waals surface area contributed by atoms with Crippen molar-refractivity contribution < 1.29 is 17.6 Å². The van der Waals surface area contributed by atoms with Gasteiger partial charge in [0.15, 0.2) is 23.3 Å². The van der Waals surface area contributed by atoms with Gasteiger partial charge in [0.05, 0.1) is 0 Å². The minimum atomic E-state index is -1.12. The molecule has 1 aliphatic carbocycles. The third-order valence-corrected chi connectivity index (χ3v) is 5.54. The maximum atomic E-state index is 14.7. The Morgan fingerprint density at radius 2 is 1.35 bits per heavy atom. The molecule has 2 aromatic rings. The number of halogens is 4. The van der Waals surface area contributed by atoms with E-state index in [4.69, 9.17) is 0 Å². The van der Waals surface area contributed by atoms with Gasteiger partial charge in [0.1, 0.15) is 0 Å². The lowest BCUT2D eigenvalue weighted by molar-refractivity contribution is 0.339. The lowest BCUT2D eigenvalue weighted by Crippen LogP contribution is -2.13. The molecular formula is C22H24F4. The van der Waals surface area contributed by atoms with Crippen LogP contribution in [0.5, 0.6) is 0 Å². The van der Waals surface area contributed by atoms with E-state index in [-0.39, 0.29) is 22.6 Å². The molecule has 0 spiro atoms. The predicted molar refractivity (Wildman–Crippen MR) is 96.1 cm³/mol. The van der Waals surface area contributed by atoms with Crippen LogP contribution >= 0.6 is 0 Å². The summed E-state index contributed by atoms with van der Waals surface area (Å²) < 4.78 is 57.9. The fourth-order valence-corrected chi connectivity index (χ4v) is 3.92. The van der Waals surface area contributed by atoms with Crippen molar-refractivity contribution in [2.24, 2.45) is 5.92 Å². The fraction of sp³-hybridized carbons (Fsp3) is 0.455. The maximum Gasteiger partial charge on any atom is 0.167 e. The molecule has 2 aromatic carbocycles. The SMILES string of the molecule is CCCc1ccc(-c2ccc(C3CCC(C)CC3)c(F)c2F)c(F)c1F. The molecule has 1 aliphatic rings. The standard InChI is InChI=1S/C22H24F4/c1-3-4-15-9-10-17(21(25)19(15)23)18-12-11-16(20(24)22(18)26)14-7-5-13(2)6-8-14/h9-14H,3-8H2,1-2H3. The number of hydrogen-bond donors (Lipinski definition) is 0. The van der Waals surface area contributed by atoms with Crippen LogP contribution in [0.3, 0.4) is 0 Å². The van der Waals surface area contributed by atoms with Crippen LogP contribution in [-0.4, -0.2) is 0 Å². The molecule has 3 rings (SSSR count). The van der Waals surface area contributed by atoms with Crippen LogP contribution in [0.1, 0.15) is 63.0 Å². The monoisotopic (exact) mass is 364 g/mol. The van der Waals surface area contributed by atoms with Crippen LogP contribution in [0.4, 0.5) is 17.6 Å². The van der Waals surface area contributed by atoms with E-state index in [0.29, 0.717) is 24.3 Å².